The van der Waals surface area contributed by atoms with Crippen molar-refractivity contribution in [1.82, 2.24) is 24.3 Å². The Hall–Kier alpha value is -2.89. The molecule has 4 aromatic heterocycles. The number of aromatic nitrogens is 5. The molecule has 0 radical (unpaired) electrons. The van der Waals surface area contributed by atoms with E-state index in [2.05, 4.69) is 48.3 Å². The molecular formula is C21H23N5O. The second kappa shape index (κ2) is 5.55. The minimum Gasteiger partial charge on any atom is -0.346 e. The molecule has 6 heteroatoms. The van der Waals surface area contributed by atoms with Crippen molar-refractivity contribution in [2.45, 2.75) is 52.4 Å². The van der Waals surface area contributed by atoms with Crippen molar-refractivity contribution in [3.8, 4) is 0 Å². The van der Waals surface area contributed by atoms with Crippen LogP contribution in [0.15, 0.2) is 23.3 Å². The number of hydrogen-bond acceptors (Lipinski definition) is 3. The number of rotatable bonds is 2. The molecule has 1 aliphatic rings. The molecule has 0 saturated heterocycles. The molecule has 1 fully saturated rings. The fourth-order valence-corrected chi connectivity index (χ4v) is 4.31. The van der Waals surface area contributed by atoms with Crippen LogP contribution in [-0.2, 0) is 0 Å². The summed E-state index contributed by atoms with van der Waals surface area (Å²) in [5.74, 6) is 1.02. The van der Waals surface area contributed by atoms with Crippen LogP contribution >= 0.6 is 0 Å². The van der Waals surface area contributed by atoms with E-state index >= 15 is 0 Å². The average Bonchev–Trinajstić information content (AvgIpc) is 3.15. The summed E-state index contributed by atoms with van der Waals surface area (Å²) in [4.78, 5) is 26.1. The summed E-state index contributed by atoms with van der Waals surface area (Å²) in [7, 11) is 0. The van der Waals surface area contributed by atoms with E-state index in [4.69, 9.17) is 6.40 Å². The van der Waals surface area contributed by atoms with Crippen molar-refractivity contribution in [2.24, 2.45) is 0 Å². The van der Waals surface area contributed by atoms with Crippen molar-refractivity contribution in [1.29, 1.82) is 0 Å². The van der Waals surface area contributed by atoms with Crippen LogP contribution in [0.4, 0.5) is 0 Å². The van der Waals surface area contributed by atoms with Crippen LogP contribution < -0.4 is 5.56 Å². The summed E-state index contributed by atoms with van der Waals surface area (Å²) < 4.78 is 10.1. The van der Waals surface area contributed by atoms with Crippen LogP contribution in [0.25, 0.3) is 16.7 Å². The topological polar surface area (TPSA) is 78.8 Å². The highest BCUT2D eigenvalue weighted by Gasteiger charge is 2.38. The van der Waals surface area contributed by atoms with E-state index in [-0.39, 0.29) is 17.4 Å². The predicted octanol–water partition coefficient (Wildman–Crippen LogP) is 3.79. The van der Waals surface area contributed by atoms with Gasteiger partial charge < -0.3 is 14.4 Å². The average molecular weight is 362 g/mol. The Labute approximate surface area is 158 Å². The number of aryl methyl sites for hydroxylation is 3. The number of pyridine rings is 1. The van der Waals surface area contributed by atoms with Gasteiger partial charge in [0.15, 0.2) is 1.41 Å². The van der Waals surface area contributed by atoms with Crippen molar-refractivity contribution in [3.05, 3.63) is 62.7 Å². The lowest BCUT2D eigenvalue weighted by Gasteiger charge is -2.35. The van der Waals surface area contributed by atoms with Crippen LogP contribution in [0.2, 0.25) is 1.41 Å². The number of imidazole rings is 1. The summed E-state index contributed by atoms with van der Waals surface area (Å²) in [6, 6.07) is 1.63. The third-order valence-electron chi connectivity index (χ3n) is 6.37. The molecule has 4 heterocycles. The van der Waals surface area contributed by atoms with Crippen molar-refractivity contribution in [2.75, 3.05) is 0 Å². The smallest absolute Gasteiger partial charge is 0.260 e. The number of aromatic amines is 2. The van der Waals surface area contributed by atoms with Gasteiger partial charge in [-0.05, 0) is 63.3 Å². The Morgan fingerprint density at radius 3 is 2.67 bits per heavy atom. The van der Waals surface area contributed by atoms with E-state index in [1.165, 1.54) is 16.7 Å². The van der Waals surface area contributed by atoms with Crippen molar-refractivity contribution in [3.63, 3.8) is 0 Å². The lowest BCUT2D eigenvalue weighted by Crippen LogP contribution is -2.27. The molecule has 2 atom stereocenters. The molecule has 0 bridgehead atoms. The Balaban J connectivity index is 1.62. The van der Waals surface area contributed by atoms with Gasteiger partial charge in [-0.25, -0.2) is 9.97 Å². The van der Waals surface area contributed by atoms with Gasteiger partial charge in [-0.3, -0.25) is 4.79 Å². The van der Waals surface area contributed by atoms with E-state index in [0.717, 1.165) is 34.9 Å². The highest BCUT2D eigenvalue weighted by atomic mass is 16.1. The zero-order valence-electron chi connectivity index (χ0n) is 17.0. The quantitative estimate of drug-likeness (QED) is 0.569. The van der Waals surface area contributed by atoms with Gasteiger partial charge in [0.1, 0.15) is 17.1 Å². The van der Waals surface area contributed by atoms with Gasteiger partial charge in [0.05, 0.1) is 11.1 Å². The van der Waals surface area contributed by atoms with E-state index in [9.17, 15) is 4.79 Å². The van der Waals surface area contributed by atoms with Gasteiger partial charge in [-0.15, -0.1) is 0 Å². The molecule has 2 N–H and O–H groups in total. The van der Waals surface area contributed by atoms with Crippen LogP contribution in [0.1, 0.15) is 58.6 Å². The maximum Gasteiger partial charge on any atom is 0.260 e. The summed E-state index contributed by atoms with van der Waals surface area (Å²) >= 11 is 0. The highest BCUT2D eigenvalue weighted by molar-refractivity contribution is 5.73. The first kappa shape index (κ1) is 15.2. The van der Waals surface area contributed by atoms with Gasteiger partial charge >= 0.3 is 0 Å². The first-order chi connectivity index (χ1) is 13.4. The zero-order valence-corrected chi connectivity index (χ0v) is 16.0. The van der Waals surface area contributed by atoms with E-state index in [1.54, 1.807) is 12.3 Å². The van der Waals surface area contributed by atoms with Crippen molar-refractivity contribution >= 4 is 16.7 Å². The molecule has 5 rings (SSSR count). The SMILES string of the molecule is [2H]n1ccc2c(=O)[nH]c([C@H]3CC[C@@H]3c3nc4c(C)c(C)c(C)cn4c3C)nc21. The standard InChI is InChI=1S/C21H23N5O/c1-10-9-26-13(4)17(23-20(26)12(3)11(10)2)14-5-6-15(14)19-24-18-16(7-8-22-18)21(27)25-19/h7-9,14-15H,5-6H2,1-4H3,(H2,22,24,25,27)/t14-,15-/m0/s1/i/hD. The Bertz CT molecular complexity index is 1310. The molecule has 0 aliphatic heterocycles. The first-order valence-electron chi connectivity index (χ1n) is 9.87. The van der Waals surface area contributed by atoms with E-state index < -0.39 is 0 Å². The zero-order chi connectivity index (χ0) is 19.7. The lowest BCUT2D eigenvalue weighted by atomic mass is 9.71. The molecule has 0 aromatic carbocycles. The molecular weight excluding hydrogens is 338 g/mol. The molecule has 1 saturated carbocycles. The summed E-state index contributed by atoms with van der Waals surface area (Å²) in [6.07, 6.45) is 5.70. The van der Waals surface area contributed by atoms with Crippen LogP contribution in [-0.4, -0.2) is 24.3 Å². The number of hydrogen-bond donors (Lipinski definition) is 2. The minimum atomic E-state index is -0.175. The summed E-state index contributed by atoms with van der Waals surface area (Å²) in [5, 5.41) is 0.458. The fraction of sp³-hybridized carbons (Fsp3) is 0.381. The summed E-state index contributed by atoms with van der Waals surface area (Å²) in [6.45, 7) is 8.52. The normalized spacial score (nSPS) is 20.2. The Morgan fingerprint density at radius 1 is 1.15 bits per heavy atom. The number of H-pyrrole nitrogens is 2. The highest BCUT2D eigenvalue weighted by Crippen LogP contribution is 2.48. The lowest BCUT2D eigenvalue weighted by molar-refractivity contribution is 0.326. The number of fused-ring (bicyclic) bond motifs is 2. The summed E-state index contributed by atoms with van der Waals surface area (Å²) in [5.41, 5.74) is 7.25. The molecule has 4 aromatic rings. The van der Waals surface area contributed by atoms with Gasteiger partial charge in [-0.2, -0.15) is 0 Å². The molecule has 0 spiro atoms. The largest absolute Gasteiger partial charge is 0.346 e. The second-order valence-corrected chi connectivity index (χ2v) is 7.76. The molecule has 0 unspecified atom stereocenters. The Kier molecular flexibility index (Phi) is 3.12. The maximum absolute atomic E-state index is 12.4. The van der Waals surface area contributed by atoms with E-state index in [0.29, 0.717) is 16.9 Å². The van der Waals surface area contributed by atoms with Gasteiger partial charge in [-0.1, -0.05) is 0 Å². The Morgan fingerprint density at radius 2 is 1.93 bits per heavy atom. The van der Waals surface area contributed by atoms with Crippen LogP contribution in [0.3, 0.4) is 0 Å². The number of nitrogens with zero attached hydrogens (tertiary/aromatic N) is 3. The molecule has 1 aliphatic carbocycles. The fourth-order valence-electron chi connectivity index (χ4n) is 4.31. The van der Waals surface area contributed by atoms with Crippen LogP contribution in [0, 0.1) is 27.7 Å². The molecule has 0 amide bonds. The molecule has 27 heavy (non-hydrogen) atoms. The van der Waals surface area contributed by atoms with Gasteiger partial charge in [0.2, 0.25) is 0 Å². The van der Waals surface area contributed by atoms with Crippen molar-refractivity contribution < 1.29 is 1.41 Å². The molecule has 6 nitrogen and oxygen atoms in total. The van der Waals surface area contributed by atoms with Gasteiger partial charge in [0, 0.05) is 29.9 Å². The third-order valence-corrected chi connectivity index (χ3v) is 6.37. The van der Waals surface area contributed by atoms with Crippen LogP contribution in [0.5, 0.6) is 0 Å². The maximum atomic E-state index is 12.4. The second-order valence-electron chi connectivity index (χ2n) is 7.76. The molecule has 138 valence electrons. The van der Waals surface area contributed by atoms with E-state index in [1.807, 2.05) is 0 Å². The number of nitrogens with one attached hydrogen (secondary N) is 2. The van der Waals surface area contributed by atoms with Gasteiger partial charge in [0.25, 0.3) is 5.56 Å². The third kappa shape index (κ3) is 2.22. The predicted molar refractivity (Wildman–Crippen MR) is 106 cm³/mol. The monoisotopic (exact) mass is 362 g/mol. The minimum absolute atomic E-state index is 0.123. The first-order valence-corrected chi connectivity index (χ1v) is 9.42.